The quantitative estimate of drug-likeness (QED) is 0.878. The van der Waals surface area contributed by atoms with Crippen LogP contribution in [0.4, 0.5) is 5.69 Å². The van der Waals surface area contributed by atoms with Gasteiger partial charge in [-0.1, -0.05) is 55.5 Å². The molecular formula is C21H24N2O2. The normalized spacial score (nSPS) is 18.5. The average Bonchev–Trinajstić information content (AvgIpc) is 3.43. The number of benzene rings is 2. The zero-order valence-electron chi connectivity index (χ0n) is 14.7. The Balaban J connectivity index is 1.56. The van der Waals surface area contributed by atoms with Crippen LogP contribution in [0.25, 0.3) is 0 Å². The summed E-state index contributed by atoms with van der Waals surface area (Å²) in [6.45, 7) is 2.64. The number of para-hydroxylation sites is 1. The molecule has 4 heteroatoms. The molecule has 2 atom stereocenters. The Morgan fingerprint density at radius 3 is 2.44 bits per heavy atom. The molecule has 0 aromatic heterocycles. The highest BCUT2D eigenvalue weighted by atomic mass is 16.2. The second-order valence-corrected chi connectivity index (χ2v) is 6.63. The molecule has 1 aliphatic rings. The van der Waals surface area contributed by atoms with Crippen LogP contribution in [0, 0.1) is 11.8 Å². The second-order valence-electron chi connectivity index (χ2n) is 6.63. The molecule has 1 N–H and O–H groups in total. The highest BCUT2D eigenvalue weighted by Crippen LogP contribution is 2.41. The Labute approximate surface area is 148 Å². The van der Waals surface area contributed by atoms with Crippen molar-refractivity contribution < 1.29 is 9.59 Å². The lowest BCUT2D eigenvalue weighted by Gasteiger charge is -2.17. The summed E-state index contributed by atoms with van der Waals surface area (Å²) in [7, 11) is 1.80. The first-order valence-corrected chi connectivity index (χ1v) is 8.77. The zero-order valence-corrected chi connectivity index (χ0v) is 14.7. The fourth-order valence-corrected chi connectivity index (χ4v) is 3.15. The molecule has 0 spiro atoms. The lowest BCUT2D eigenvalue weighted by Crippen LogP contribution is -2.29. The number of anilines is 1. The molecule has 130 valence electrons. The molecule has 1 saturated carbocycles. The number of rotatable bonds is 6. The van der Waals surface area contributed by atoms with Crippen LogP contribution in [-0.2, 0) is 22.6 Å². The minimum Gasteiger partial charge on any atom is -0.341 e. The van der Waals surface area contributed by atoms with Crippen molar-refractivity contribution in [2.45, 2.75) is 26.3 Å². The largest absolute Gasteiger partial charge is 0.341 e. The SMILES string of the molecule is CCc1ccccc1NC(=O)C1CC1C(=O)N(C)Cc1ccccc1. The predicted molar refractivity (Wildman–Crippen MR) is 99.0 cm³/mol. The fourth-order valence-electron chi connectivity index (χ4n) is 3.15. The molecule has 2 aromatic carbocycles. The molecular weight excluding hydrogens is 312 g/mol. The number of carbonyl (C=O) groups excluding carboxylic acids is 2. The smallest absolute Gasteiger partial charge is 0.228 e. The molecule has 3 rings (SSSR count). The third kappa shape index (κ3) is 4.08. The van der Waals surface area contributed by atoms with Crippen LogP contribution in [0.2, 0.25) is 0 Å². The van der Waals surface area contributed by atoms with E-state index >= 15 is 0 Å². The second kappa shape index (κ2) is 7.51. The number of carbonyl (C=O) groups is 2. The summed E-state index contributed by atoms with van der Waals surface area (Å²) in [4.78, 5) is 26.7. The molecule has 4 nitrogen and oxygen atoms in total. The molecule has 0 aliphatic heterocycles. The van der Waals surface area contributed by atoms with Gasteiger partial charge in [-0.15, -0.1) is 0 Å². The third-order valence-corrected chi connectivity index (χ3v) is 4.74. The molecule has 2 unspecified atom stereocenters. The first-order chi connectivity index (χ1) is 12.1. The number of nitrogens with zero attached hydrogens (tertiary/aromatic N) is 1. The number of amides is 2. The average molecular weight is 336 g/mol. The number of aryl methyl sites for hydroxylation is 1. The molecule has 2 aromatic rings. The lowest BCUT2D eigenvalue weighted by atomic mass is 10.1. The van der Waals surface area contributed by atoms with Gasteiger partial charge in [-0.05, 0) is 30.0 Å². The van der Waals surface area contributed by atoms with Crippen LogP contribution in [-0.4, -0.2) is 23.8 Å². The van der Waals surface area contributed by atoms with Crippen molar-refractivity contribution in [2.24, 2.45) is 11.8 Å². The minimum atomic E-state index is -0.212. The zero-order chi connectivity index (χ0) is 17.8. The molecule has 25 heavy (non-hydrogen) atoms. The highest BCUT2D eigenvalue weighted by Gasteiger charge is 2.49. The van der Waals surface area contributed by atoms with E-state index in [0.29, 0.717) is 13.0 Å². The van der Waals surface area contributed by atoms with Crippen molar-refractivity contribution in [3.63, 3.8) is 0 Å². The fraction of sp³-hybridized carbons (Fsp3) is 0.333. The Morgan fingerprint density at radius 1 is 1.04 bits per heavy atom. The Kier molecular flexibility index (Phi) is 5.17. The van der Waals surface area contributed by atoms with E-state index in [9.17, 15) is 9.59 Å². The Morgan fingerprint density at radius 2 is 1.72 bits per heavy atom. The van der Waals surface area contributed by atoms with Crippen molar-refractivity contribution in [3.05, 3.63) is 65.7 Å². The summed E-state index contributed by atoms with van der Waals surface area (Å²) >= 11 is 0. The van der Waals surface area contributed by atoms with Crippen molar-refractivity contribution in [1.82, 2.24) is 4.90 Å². The third-order valence-electron chi connectivity index (χ3n) is 4.74. The highest BCUT2D eigenvalue weighted by molar-refractivity contribution is 5.99. The summed E-state index contributed by atoms with van der Waals surface area (Å²) < 4.78 is 0. The summed E-state index contributed by atoms with van der Waals surface area (Å²) in [6, 6.07) is 17.7. The van der Waals surface area contributed by atoms with E-state index in [1.165, 1.54) is 0 Å². The summed E-state index contributed by atoms with van der Waals surface area (Å²) in [6.07, 6.45) is 1.50. The van der Waals surface area contributed by atoms with E-state index in [0.717, 1.165) is 23.2 Å². The van der Waals surface area contributed by atoms with Gasteiger partial charge in [0.25, 0.3) is 0 Å². The van der Waals surface area contributed by atoms with E-state index in [1.807, 2.05) is 54.6 Å². The predicted octanol–water partition coefficient (Wildman–Crippen LogP) is 3.48. The van der Waals surface area contributed by atoms with Crippen molar-refractivity contribution in [2.75, 3.05) is 12.4 Å². The van der Waals surface area contributed by atoms with Gasteiger partial charge in [0.05, 0.1) is 11.8 Å². The monoisotopic (exact) mass is 336 g/mol. The van der Waals surface area contributed by atoms with Crippen LogP contribution < -0.4 is 5.32 Å². The first-order valence-electron chi connectivity index (χ1n) is 8.77. The summed E-state index contributed by atoms with van der Waals surface area (Å²) in [5, 5.41) is 2.99. The molecule has 0 radical (unpaired) electrons. The van der Waals surface area contributed by atoms with Gasteiger partial charge < -0.3 is 10.2 Å². The molecule has 1 fully saturated rings. The van der Waals surface area contributed by atoms with Crippen molar-refractivity contribution >= 4 is 17.5 Å². The van der Waals surface area contributed by atoms with Crippen LogP contribution in [0.3, 0.4) is 0 Å². The van der Waals surface area contributed by atoms with Crippen LogP contribution in [0.1, 0.15) is 24.5 Å². The maximum absolute atomic E-state index is 12.5. The molecule has 0 saturated heterocycles. The minimum absolute atomic E-state index is 0.0487. The van der Waals surface area contributed by atoms with E-state index in [2.05, 4.69) is 12.2 Å². The van der Waals surface area contributed by atoms with Crippen LogP contribution in [0.5, 0.6) is 0 Å². The maximum atomic E-state index is 12.5. The van der Waals surface area contributed by atoms with Crippen molar-refractivity contribution in [1.29, 1.82) is 0 Å². The summed E-state index contributed by atoms with van der Waals surface area (Å²) in [5.74, 6) is -0.404. The number of hydrogen-bond acceptors (Lipinski definition) is 2. The van der Waals surface area contributed by atoms with Gasteiger partial charge in [-0.2, -0.15) is 0 Å². The standard InChI is InChI=1S/C21H24N2O2/c1-3-16-11-7-8-12-19(16)22-20(24)17-13-18(17)21(25)23(2)14-15-9-5-4-6-10-15/h4-12,17-18H,3,13-14H2,1-2H3,(H,22,24). The first kappa shape index (κ1) is 17.2. The lowest BCUT2D eigenvalue weighted by molar-refractivity contribution is -0.133. The topological polar surface area (TPSA) is 49.4 Å². The van der Waals surface area contributed by atoms with Gasteiger partial charge in [-0.25, -0.2) is 0 Å². The number of hydrogen-bond donors (Lipinski definition) is 1. The Bertz CT molecular complexity index is 758. The molecule has 1 aliphatic carbocycles. The number of nitrogens with one attached hydrogen (secondary N) is 1. The summed E-state index contributed by atoms with van der Waals surface area (Å²) in [5.41, 5.74) is 3.06. The van der Waals surface area contributed by atoms with E-state index in [-0.39, 0.29) is 23.7 Å². The van der Waals surface area contributed by atoms with Crippen LogP contribution in [0.15, 0.2) is 54.6 Å². The van der Waals surface area contributed by atoms with E-state index < -0.39 is 0 Å². The molecule has 0 bridgehead atoms. The Hall–Kier alpha value is -2.62. The van der Waals surface area contributed by atoms with Gasteiger partial charge in [0.2, 0.25) is 11.8 Å². The van der Waals surface area contributed by atoms with Gasteiger partial charge in [-0.3, -0.25) is 9.59 Å². The molecule has 0 heterocycles. The van der Waals surface area contributed by atoms with Gasteiger partial charge in [0, 0.05) is 19.3 Å². The van der Waals surface area contributed by atoms with Gasteiger partial charge in [0.15, 0.2) is 0 Å². The molecule has 2 amide bonds. The maximum Gasteiger partial charge on any atom is 0.228 e. The van der Waals surface area contributed by atoms with Crippen molar-refractivity contribution in [3.8, 4) is 0 Å². The van der Waals surface area contributed by atoms with E-state index in [1.54, 1.807) is 11.9 Å². The van der Waals surface area contributed by atoms with E-state index in [4.69, 9.17) is 0 Å². The van der Waals surface area contributed by atoms with Gasteiger partial charge in [0.1, 0.15) is 0 Å². The van der Waals surface area contributed by atoms with Crippen LogP contribution >= 0.6 is 0 Å². The van der Waals surface area contributed by atoms with Gasteiger partial charge >= 0.3 is 0 Å².